The molecule has 0 saturated heterocycles. The van der Waals surface area contributed by atoms with Crippen LogP contribution in [0.2, 0.25) is 0 Å². The highest BCUT2D eigenvalue weighted by atomic mass is 127. The van der Waals surface area contributed by atoms with E-state index in [4.69, 9.17) is 4.74 Å². The van der Waals surface area contributed by atoms with Crippen LogP contribution in [0.15, 0.2) is 53.5 Å². The van der Waals surface area contributed by atoms with E-state index in [9.17, 15) is 8.42 Å². The van der Waals surface area contributed by atoms with Crippen molar-refractivity contribution in [2.75, 3.05) is 20.7 Å². The average Bonchev–Trinajstić information content (AvgIpc) is 2.71. The lowest BCUT2D eigenvalue weighted by molar-refractivity contribution is 0.414. The number of benzene rings is 2. The summed E-state index contributed by atoms with van der Waals surface area (Å²) in [6, 6.07) is 15.3. The Labute approximate surface area is 190 Å². The van der Waals surface area contributed by atoms with Gasteiger partial charge >= 0.3 is 0 Å². The molecule has 2 aromatic carbocycles. The topological polar surface area (TPSA) is 91.8 Å². The fourth-order valence-electron chi connectivity index (χ4n) is 2.47. The van der Waals surface area contributed by atoms with Crippen molar-refractivity contribution in [2.24, 2.45) is 4.99 Å². The SMILES string of the molecule is CCNC(=NCc1ccc(OC)cc1)NCc1ccc(CS(=O)(=O)NC)cc1.I. The predicted molar refractivity (Wildman–Crippen MR) is 128 cm³/mol. The first-order valence-electron chi connectivity index (χ1n) is 9.10. The zero-order valence-corrected chi connectivity index (χ0v) is 20.1. The molecule has 0 bridgehead atoms. The van der Waals surface area contributed by atoms with Gasteiger partial charge in [0.15, 0.2) is 5.96 Å². The summed E-state index contributed by atoms with van der Waals surface area (Å²) in [4.78, 5) is 4.60. The van der Waals surface area contributed by atoms with Gasteiger partial charge in [-0.15, -0.1) is 24.0 Å². The third-order valence-corrected chi connectivity index (χ3v) is 5.41. The maximum Gasteiger partial charge on any atom is 0.215 e. The predicted octanol–water partition coefficient (Wildman–Crippen LogP) is 2.62. The molecule has 0 spiro atoms. The molecule has 0 unspecified atom stereocenters. The molecule has 7 nitrogen and oxygen atoms in total. The molecule has 2 rings (SSSR count). The normalized spacial score (nSPS) is 11.5. The summed E-state index contributed by atoms with van der Waals surface area (Å²) in [6.07, 6.45) is 0. The Balaban J connectivity index is 0.00000420. The zero-order chi connectivity index (χ0) is 20.4. The van der Waals surface area contributed by atoms with Crippen LogP contribution in [0.3, 0.4) is 0 Å². The highest BCUT2D eigenvalue weighted by Gasteiger charge is 2.08. The number of ether oxygens (including phenoxy) is 1. The fourth-order valence-corrected chi connectivity index (χ4v) is 3.25. The molecule has 9 heteroatoms. The molecule has 0 aliphatic rings. The van der Waals surface area contributed by atoms with Gasteiger partial charge in [-0.05, 0) is 42.8 Å². The maximum absolute atomic E-state index is 11.6. The third-order valence-electron chi connectivity index (χ3n) is 4.07. The van der Waals surface area contributed by atoms with Crippen LogP contribution in [0.5, 0.6) is 5.75 Å². The van der Waals surface area contributed by atoms with Gasteiger partial charge in [-0.2, -0.15) is 0 Å². The van der Waals surface area contributed by atoms with Gasteiger partial charge in [0.1, 0.15) is 5.75 Å². The molecule has 29 heavy (non-hydrogen) atoms. The second-order valence-corrected chi connectivity index (χ2v) is 8.10. The summed E-state index contributed by atoms with van der Waals surface area (Å²) in [7, 11) is -0.196. The molecule has 0 aromatic heterocycles. The van der Waals surface area contributed by atoms with E-state index < -0.39 is 10.0 Å². The Hall–Kier alpha value is -1.85. The molecule has 3 N–H and O–H groups in total. The maximum atomic E-state index is 11.6. The lowest BCUT2D eigenvalue weighted by Gasteiger charge is -2.12. The lowest BCUT2D eigenvalue weighted by Crippen LogP contribution is -2.36. The molecule has 0 atom stereocenters. The van der Waals surface area contributed by atoms with Gasteiger partial charge < -0.3 is 15.4 Å². The van der Waals surface area contributed by atoms with Gasteiger partial charge in [0.05, 0.1) is 19.4 Å². The first kappa shape index (κ1) is 25.2. The standard InChI is InChI=1S/C20H28N4O3S.HI/c1-4-22-20(24-14-17-9-11-19(27-3)12-10-17)23-13-16-5-7-18(8-6-16)15-28(25,26)21-2;/h5-12,21H,4,13-15H2,1-3H3,(H2,22,23,24);1H. The fraction of sp³-hybridized carbons (Fsp3) is 0.350. The van der Waals surface area contributed by atoms with Gasteiger partial charge in [-0.1, -0.05) is 36.4 Å². The van der Waals surface area contributed by atoms with Crippen molar-refractivity contribution in [3.05, 3.63) is 65.2 Å². The smallest absolute Gasteiger partial charge is 0.215 e. The van der Waals surface area contributed by atoms with Gasteiger partial charge in [0.2, 0.25) is 10.0 Å². The van der Waals surface area contributed by atoms with Crippen molar-refractivity contribution >= 4 is 40.0 Å². The number of aliphatic imine (C=N–C) groups is 1. The Bertz CT molecular complexity index is 870. The van der Waals surface area contributed by atoms with Crippen molar-refractivity contribution in [3.8, 4) is 5.75 Å². The van der Waals surface area contributed by atoms with Crippen LogP contribution in [-0.2, 0) is 28.9 Å². The summed E-state index contributed by atoms with van der Waals surface area (Å²) >= 11 is 0. The third kappa shape index (κ3) is 9.01. The number of hydrogen-bond donors (Lipinski definition) is 3. The van der Waals surface area contributed by atoms with Crippen LogP contribution >= 0.6 is 24.0 Å². The molecule has 0 aliphatic heterocycles. The number of hydrogen-bond acceptors (Lipinski definition) is 4. The van der Waals surface area contributed by atoms with Crippen molar-refractivity contribution < 1.29 is 13.2 Å². The number of sulfonamides is 1. The quantitative estimate of drug-likeness (QED) is 0.263. The number of rotatable bonds is 9. The van der Waals surface area contributed by atoms with Crippen molar-refractivity contribution in [2.45, 2.75) is 25.8 Å². The van der Waals surface area contributed by atoms with Crippen LogP contribution in [-0.4, -0.2) is 35.1 Å². The van der Waals surface area contributed by atoms with E-state index in [2.05, 4.69) is 20.3 Å². The minimum absolute atomic E-state index is 0. The Morgan fingerprint density at radius 2 is 1.55 bits per heavy atom. The van der Waals surface area contributed by atoms with E-state index in [0.29, 0.717) is 13.1 Å². The molecular formula is C20H29IN4O3S. The summed E-state index contributed by atoms with van der Waals surface area (Å²) in [5, 5.41) is 6.51. The first-order chi connectivity index (χ1) is 13.5. The molecular weight excluding hydrogens is 503 g/mol. The number of nitrogens with zero attached hydrogens (tertiary/aromatic N) is 1. The van der Waals surface area contributed by atoms with E-state index in [1.165, 1.54) is 7.05 Å². The largest absolute Gasteiger partial charge is 0.497 e. The molecule has 2 aromatic rings. The Morgan fingerprint density at radius 3 is 2.10 bits per heavy atom. The summed E-state index contributed by atoms with van der Waals surface area (Å²) in [5.74, 6) is 1.52. The van der Waals surface area contributed by atoms with Gasteiger partial charge in [0.25, 0.3) is 0 Å². The van der Waals surface area contributed by atoms with Gasteiger partial charge in [-0.25, -0.2) is 18.1 Å². The molecule has 0 radical (unpaired) electrons. The lowest BCUT2D eigenvalue weighted by atomic mass is 10.1. The first-order valence-corrected chi connectivity index (χ1v) is 10.7. The van der Waals surface area contributed by atoms with Gasteiger partial charge in [0, 0.05) is 13.1 Å². The molecule has 0 aliphatic carbocycles. The Morgan fingerprint density at radius 1 is 0.966 bits per heavy atom. The minimum atomic E-state index is -3.26. The van der Waals surface area contributed by atoms with E-state index >= 15 is 0 Å². The number of methoxy groups -OCH3 is 1. The summed E-state index contributed by atoms with van der Waals surface area (Å²) in [5.41, 5.74) is 2.88. The van der Waals surface area contributed by atoms with E-state index in [1.807, 2.05) is 55.5 Å². The van der Waals surface area contributed by atoms with Crippen molar-refractivity contribution in [3.63, 3.8) is 0 Å². The average molecular weight is 532 g/mol. The van der Waals surface area contributed by atoms with E-state index in [0.717, 1.165) is 34.9 Å². The summed E-state index contributed by atoms with van der Waals surface area (Å²) < 4.78 is 30.7. The summed E-state index contributed by atoms with van der Waals surface area (Å²) in [6.45, 7) is 3.92. The highest BCUT2D eigenvalue weighted by molar-refractivity contribution is 14.0. The van der Waals surface area contributed by atoms with Gasteiger partial charge in [-0.3, -0.25) is 0 Å². The molecule has 0 fully saturated rings. The zero-order valence-electron chi connectivity index (χ0n) is 16.9. The number of nitrogens with one attached hydrogen (secondary N) is 3. The molecule has 0 amide bonds. The van der Waals surface area contributed by atoms with E-state index in [1.54, 1.807) is 7.11 Å². The van der Waals surface area contributed by atoms with Crippen LogP contribution in [0.25, 0.3) is 0 Å². The van der Waals surface area contributed by atoms with Crippen molar-refractivity contribution in [1.29, 1.82) is 0 Å². The van der Waals surface area contributed by atoms with Crippen molar-refractivity contribution in [1.82, 2.24) is 15.4 Å². The molecule has 160 valence electrons. The van der Waals surface area contributed by atoms with Crippen LogP contribution in [0, 0.1) is 0 Å². The second-order valence-electron chi connectivity index (χ2n) is 6.18. The van der Waals surface area contributed by atoms with E-state index in [-0.39, 0.29) is 29.7 Å². The number of halogens is 1. The molecule has 0 heterocycles. The van der Waals surface area contributed by atoms with Crippen LogP contribution in [0.4, 0.5) is 0 Å². The van der Waals surface area contributed by atoms with Crippen LogP contribution in [0.1, 0.15) is 23.6 Å². The number of guanidine groups is 1. The minimum Gasteiger partial charge on any atom is -0.497 e. The highest BCUT2D eigenvalue weighted by Crippen LogP contribution is 2.12. The van der Waals surface area contributed by atoms with Crippen LogP contribution < -0.4 is 20.1 Å². The molecule has 0 saturated carbocycles. The second kappa shape index (κ2) is 12.7. The Kier molecular flexibility index (Phi) is 11.0. The monoisotopic (exact) mass is 532 g/mol.